The largest absolute Gasteiger partial charge is 0.397 e. The second kappa shape index (κ2) is 4.31. The number of aryl methyl sites for hydroxylation is 1. The van der Waals surface area contributed by atoms with E-state index in [9.17, 15) is 14.9 Å². The minimum Gasteiger partial charge on any atom is -0.397 e. The number of carbonyl (C=O) groups is 1. The van der Waals surface area contributed by atoms with Crippen LogP contribution in [0.3, 0.4) is 0 Å². The predicted molar refractivity (Wildman–Crippen MR) is 58.3 cm³/mol. The Bertz CT molecular complexity index is 526. The van der Waals surface area contributed by atoms with Gasteiger partial charge in [-0.05, 0) is 12.5 Å². The van der Waals surface area contributed by atoms with Gasteiger partial charge in [0.15, 0.2) is 0 Å². The summed E-state index contributed by atoms with van der Waals surface area (Å²) < 4.78 is 0. The summed E-state index contributed by atoms with van der Waals surface area (Å²) in [6.07, 6.45) is 0. The molecule has 0 fully saturated rings. The van der Waals surface area contributed by atoms with Gasteiger partial charge in [0.05, 0.1) is 16.2 Å². The van der Waals surface area contributed by atoms with Gasteiger partial charge in [0, 0.05) is 18.1 Å². The van der Waals surface area contributed by atoms with Gasteiger partial charge in [-0.3, -0.25) is 14.9 Å². The van der Waals surface area contributed by atoms with E-state index in [2.05, 4.69) is 11.8 Å². The lowest BCUT2D eigenvalue weighted by Crippen LogP contribution is -2.06. The fraction of sp³-hybridized carbons (Fsp3) is 0.100. The highest BCUT2D eigenvalue weighted by molar-refractivity contribution is 5.93. The summed E-state index contributed by atoms with van der Waals surface area (Å²) in [7, 11) is 0. The van der Waals surface area contributed by atoms with Crippen molar-refractivity contribution in [2.75, 3.05) is 5.73 Å². The number of nitro benzene ring substituents is 1. The molecule has 1 aromatic carbocycles. The first-order chi connectivity index (χ1) is 7.41. The van der Waals surface area contributed by atoms with Gasteiger partial charge < -0.3 is 11.5 Å². The molecule has 4 N–H and O–H groups in total. The normalized spacial score (nSPS) is 9.06. The number of nitrogens with zero attached hydrogens (tertiary/aromatic N) is 1. The summed E-state index contributed by atoms with van der Waals surface area (Å²) in [6.45, 7) is 1.62. The molecule has 1 rings (SSSR count). The molecule has 0 unspecified atom stereocenters. The van der Waals surface area contributed by atoms with E-state index in [1.807, 2.05) is 0 Å². The number of rotatable bonds is 1. The van der Waals surface area contributed by atoms with Crippen LogP contribution in [0.25, 0.3) is 0 Å². The number of anilines is 1. The predicted octanol–water partition coefficient (Wildman–Crippen LogP) is 0.322. The molecule has 0 aliphatic heterocycles. The molecule has 0 spiro atoms. The van der Waals surface area contributed by atoms with Crippen molar-refractivity contribution in [1.29, 1.82) is 0 Å². The topological polar surface area (TPSA) is 112 Å². The molecule has 0 bridgehead atoms. The molecule has 16 heavy (non-hydrogen) atoms. The first-order valence-corrected chi connectivity index (χ1v) is 4.27. The second-order valence-electron chi connectivity index (χ2n) is 3.10. The zero-order chi connectivity index (χ0) is 12.3. The molecule has 0 radical (unpaired) electrons. The van der Waals surface area contributed by atoms with Gasteiger partial charge in [-0.2, -0.15) is 0 Å². The summed E-state index contributed by atoms with van der Waals surface area (Å²) in [4.78, 5) is 20.5. The van der Waals surface area contributed by atoms with Crippen LogP contribution in [0.5, 0.6) is 0 Å². The first kappa shape index (κ1) is 11.5. The zero-order valence-electron chi connectivity index (χ0n) is 8.48. The van der Waals surface area contributed by atoms with Gasteiger partial charge >= 0.3 is 0 Å². The Morgan fingerprint density at radius 1 is 1.50 bits per heavy atom. The SMILES string of the molecule is Cc1cc([N+](=O)[O-])cc(C#CC(N)=O)c1N. The summed E-state index contributed by atoms with van der Waals surface area (Å²) in [5.74, 6) is 3.66. The first-order valence-electron chi connectivity index (χ1n) is 4.27. The molecule has 0 aromatic heterocycles. The Labute approximate surface area is 91.4 Å². The maximum absolute atomic E-state index is 10.6. The van der Waals surface area contributed by atoms with Crippen LogP contribution >= 0.6 is 0 Å². The second-order valence-corrected chi connectivity index (χ2v) is 3.10. The minimum absolute atomic E-state index is 0.125. The van der Waals surface area contributed by atoms with Gasteiger partial charge in [0.1, 0.15) is 0 Å². The van der Waals surface area contributed by atoms with E-state index in [4.69, 9.17) is 11.5 Å². The number of hydrogen-bond acceptors (Lipinski definition) is 4. The standard InChI is InChI=1S/C10H9N3O3/c1-6-4-8(13(15)16)5-7(10(6)12)2-3-9(11)14/h4-5H,12H2,1H3,(H2,11,14). The highest BCUT2D eigenvalue weighted by Gasteiger charge is 2.11. The summed E-state index contributed by atoms with van der Waals surface area (Å²) in [6, 6.07) is 2.54. The molecule has 6 nitrogen and oxygen atoms in total. The summed E-state index contributed by atoms with van der Waals surface area (Å²) in [5, 5.41) is 10.6. The van der Waals surface area contributed by atoms with Crippen LogP contribution in [0.2, 0.25) is 0 Å². The molecule has 0 atom stereocenters. The molecule has 6 heteroatoms. The van der Waals surface area contributed by atoms with Crippen molar-refractivity contribution in [3.05, 3.63) is 33.4 Å². The van der Waals surface area contributed by atoms with Crippen LogP contribution in [0.4, 0.5) is 11.4 Å². The number of nitrogen functional groups attached to an aromatic ring is 1. The average Bonchev–Trinajstić information content (AvgIpc) is 2.19. The molecule has 82 valence electrons. The van der Waals surface area contributed by atoms with Crippen LogP contribution in [-0.4, -0.2) is 10.8 Å². The summed E-state index contributed by atoms with van der Waals surface area (Å²) in [5.41, 5.74) is 11.4. The number of nitrogens with two attached hydrogens (primary N) is 2. The van der Waals surface area contributed by atoms with E-state index in [0.717, 1.165) is 0 Å². The molecule has 0 aliphatic rings. The van der Waals surface area contributed by atoms with E-state index in [1.54, 1.807) is 6.92 Å². The molecule has 0 saturated carbocycles. The van der Waals surface area contributed by atoms with Crippen LogP contribution in [0, 0.1) is 28.9 Å². The van der Waals surface area contributed by atoms with Crippen LogP contribution < -0.4 is 11.5 Å². The van der Waals surface area contributed by atoms with Gasteiger partial charge in [-0.1, -0.05) is 5.92 Å². The Hall–Kier alpha value is -2.55. The van der Waals surface area contributed by atoms with Gasteiger partial charge in [0.25, 0.3) is 11.6 Å². The minimum atomic E-state index is -0.816. The lowest BCUT2D eigenvalue weighted by molar-refractivity contribution is -0.384. The molecule has 0 aliphatic carbocycles. The van der Waals surface area contributed by atoms with Crippen molar-refractivity contribution in [3.63, 3.8) is 0 Å². The molecule has 1 aromatic rings. The number of hydrogen-bond donors (Lipinski definition) is 2. The lowest BCUT2D eigenvalue weighted by atomic mass is 10.1. The van der Waals surface area contributed by atoms with Gasteiger partial charge in [-0.15, -0.1) is 0 Å². The quantitative estimate of drug-likeness (QED) is 0.306. The number of benzene rings is 1. The smallest absolute Gasteiger partial charge is 0.293 e. The van der Waals surface area contributed by atoms with E-state index in [-0.39, 0.29) is 11.3 Å². The van der Waals surface area contributed by atoms with E-state index < -0.39 is 10.8 Å². The van der Waals surface area contributed by atoms with Crippen molar-refractivity contribution in [3.8, 4) is 11.8 Å². The summed E-state index contributed by atoms with van der Waals surface area (Å²) >= 11 is 0. The van der Waals surface area contributed by atoms with Crippen molar-refractivity contribution in [2.24, 2.45) is 5.73 Å². The monoisotopic (exact) mass is 219 g/mol. The fourth-order valence-electron chi connectivity index (χ4n) is 1.12. The van der Waals surface area contributed by atoms with Crippen molar-refractivity contribution >= 4 is 17.3 Å². The van der Waals surface area contributed by atoms with E-state index in [0.29, 0.717) is 11.3 Å². The van der Waals surface area contributed by atoms with Crippen LogP contribution in [-0.2, 0) is 4.79 Å². The average molecular weight is 219 g/mol. The molecule has 0 heterocycles. The maximum atomic E-state index is 10.6. The molecule has 0 saturated heterocycles. The number of primary amides is 1. The third-order valence-corrected chi connectivity index (χ3v) is 1.90. The Morgan fingerprint density at radius 2 is 2.12 bits per heavy atom. The van der Waals surface area contributed by atoms with Crippen LogP contribution in [0.1, 0.15) is 11.1 Å². The van der Waals surface area contributed by atoms with Crippen molar-refractivity contribution in [1.82, 2.24) is 0 Å². The van der Waals surface area contributed by atoms with E-state index in [1.165, 1.54) is 12.1 Å². The van der Waals surface area contributed by atoms with Crippen molar-refractivity contribution in [2.45, 2.75) is 6.92 Å². The van der Waals surface area contributed by atoms with Gasteiger partial charge in [-0.25, -0.2) is 0 Å². The Morgan fingerprint density at radius 3 is 2.62 bits per heavy atom. The highest BCUT2D eigenvalue weighted by atomic mass is 16.6. The van der Waals surface area contributed by atoms with E-state index >= 15 is 0 Å². The maximum Gasteiger partial charge on any atom is 0.293 e. The Kier molecular flexibility index (Phi) is 3.11. The lowest BCUT2D eigenvalue weighted by Gasteiger charge is -2.02. The molecule has 1 amide bonds. The molecular formula is C10H9N3O3. The number of carbonyl (C=O) groups excluding carboxylic acids is 1. The Balaban J connectivity index is 3.34. The molecular weight excluding hydrogens is 210 g/mol. The zero-order valence-corrected chi connectivity index (χ0v) is 8.48. The third-order valence-electron chi connectivity index (χ3n) is 1.90. The van der Waals surface area contributed by atoms with Crippen LogP contribution in [0.15, 0.2) is 12.1 Å². The number of amides is 1. The fourth-order valence-corrected chi connectivity index (χ4v) is 1.12. The highest BCUT2D eigenvalue weighted by Crippen LogP contribution is 2.23. The third kappa shape index (κ3) is 2.48. The van der Waals surface area contributed by atoms with Crippen molar-refractivity contribution < 1.29 is 9.72 Å². The number of non-ortho nitro benzene ring substituents is 1. The van der Waals surface area contributed by atoms with Gasteiger partial charge in [0.2, 0.25) is 0 Å². The number of nitro groups is 1.